The van der Waals surface area contributed by atoms with E-state index in [4.69, 9.17) is 27.9 Å². The lowest BCUT2D eigenvalue weighted by Gasteiger charge is -2.36. The molecule has 2 aromatic rings. The van der Waals surface area contributed by atoms with Crippen LogP contribution in [0.4, 0.5) is 5.69 Å². The summed E-state index contributed by atoms with van der Waals surface area (Å²) < 4.78 is 5.54. The molecule has 1 aliphatic rings. The zero-order chi connectivity index (χ0) is 17.6. The van der Waals surface area contributed by atoms with E-state index in [9.17, 15) is 4.79 Å². The first-order chi connectivity index (χ1) is 12.1. The first kappa shape index (κ1) is 18.1. The summed E-state index contributed by atoms with van der Waals surface area (Å²) in [5.41, 5.74) is 2.02. The SMILES string of the molecule is O=C(COCc1ccccc1)N1CCN(c2ccc(Cl)cc2Cl)CC1. The number of anilines is 1. The summed E-state index contributed by atoms with van der Waals surface area (Å²) in [6.07, 6.45) is 0. The number of ether oxygens (including phenoxy) is 1. The number of amides is 1. The van der Waals surface area contributed by atoms with E-state index in [0.717, 1.165) is 24.3 Å². The van der Waals surface area contributed by atoms with Crippen molar-refractivity contribution in [3.8, 4) is 0 Å². The third kappa shape index (κ3) is 4.88. The summed E-state index contributed by atoms with van der Waals surface area (Å²) in [6, 6.07) is 15.3. The van der Waals surface area contributed by atoms with Crippen LogP contribution in [-0.4, -0.2) is 43.6 Å². The van der Waals surface area contributed by atoms with Crippen LogP contribution in [0.15, 0.2) is 48.5 Å². The van der Waals surface area contributed by atoms with Gasteiger partial charge in [-0.2, -0.15) is 0 Å². The van der Waals surface area contributed by atoms with Crippen molar-refractivity contribution in [1.82, 2.24) is 4.90 Å². The van der Waals surface area contributed by atoms with Gasteiger partial charge in [0.2, 0.25) is 5.91 Å². The molecule has 1 saturated heterocycles. The van der Waals surface area contributed by atoms with E-state index in [-0.39, 0.29) is 12.5 Å². The number of nitrogens with zero attached hydrogens (tertiary/aromatic N) is 2. The van der Waals surface area contributed by atoms with E-state index in [1.54, 1.807) is 6.07 Å². The zero-order valence-electron chi connectivity index (χ0n) is 13.8. The van der Waals surface area contributed by atoms with Gasteiger partial charge in [0.05, 0.1) is 17.3 Å². The first-order valence-electron chi connectivity index (χ1n) is 8.23. The fourth-order valence-electron chi connectivity index (χ4n) is 2.86. The van der Waals surface area contributed by atoms with Gasteiger partial charge in [-0.05, 0) is 23.8 Å². The molecule has 0 bridgehead atoms. The predicted molar refractivity (Wildman–Crippen MR) is 101 cm³/mol. The molecule has 25 heavy (non-hydrogen) atoms. The number of hydrogen-bond donors (Lipinski definition) is 0. The Labute approximate surface area is 157 Å². The lowest BCUT2D eigenvalue weighted by atomic mass is 10.2. The maximum absolute atomic E-state index is 12.3. The highest BCUT2D eigenvalue weighted by atomic mass is 35.5. The summed E-state index contributed by atoms with van der Waals surface area (Å²) in [4.78, 5) is 16.3. The quantitative estimate of drug-likeness (QED) is 0.791. The van der Waals surface area contributed by atoms with E-state index in [1.165, 1.54) is 0 Å². The van der Waals surface area contributed by atoms with Gasteiger partial charge in [0, 0.05) is 31.2 Å². The van der Waals surface area contributed by atoms with Crippen molar-refractivity contribution in [2.45, 2.75) is 6.61 Å². The number of halogens is 2. The van der Waals surface area contributed by atoms with Gasteiger partial charge in [-0.25, -0.2) is 0 Å². The molecule has 1 heterocycles. The van der Waals surface area contributed by atoms with Crippen LogP contribution in [-0.2, 0) is 16.1 Å². The molecule has 0 N–H and O–H groups in total. The number of carbonyl (C=O) groups excluding carboxylic acids is 1. The summed E-state index contributed by atoms with van der Waals surface area (Å²) in [5, 5.41) is 1.26. The van der Waals surface area contributed by atoms with E-state index in [0.29, 0.717) is 29.7 Å². The van der Waals surface area contributed by atoms with E-state index >= 15 is 0 Å². The Morgan fingerprint density at radius 3 is 2.40 bits per heavy atom. The molecule has 0 aliphatic carbocycles. The minimum Gasteiger partial charge on any atom is -0.367 e. The van der Waals surface area contributed by atoms with Crippen molar-refractivity contribution in [2.24, 2.45) is 0 Å². The molecule has 0 spiro atoms. The normalized spacial score (nSPS) is 14.6. The van der Waals surface area contributed by atoms with Gasteiger partial charge in [-0.15, -0.1) is 0 Å². The zero-order valence-corrected chi connectivity index (χ0v) is 15.3. The van der Waals surface area contributed by atoms with E-state index in [2.05, 4.69) is 4.90 Å². The fraction of sp³-hybridized carbons (Fsp3) is 0.316. The number of benzene rings is 2. The van der Waals surface area contributed by atoms with Crippen LogP contribution in [0, 0.1) is 0 Å². The molecule has 2 aromatic carbocycles. The van der Waals surface area contributed by atoms with Crippen molar-refractivity contribution in [3.63, 3.8) is 0 Å². The Morgan fingerprint density at radius 1 is 1.00 bits per heavy atom. The van der Waals surface area contributed by atoms with Gasteiger partial charge in [0.15, 0.2) is 0 Å². The molecule has 0 saturated carbocycles. The van der Waals surface area contributed by atoms with Gasteiger partial charge in [0.1, 0.15) is 6.61 Å². The van der Waals surface area contributed by atoms with Crippen molar-refractivity contribution in [3.05, 3.63) is 64.1 Å². The van der Waals surface area contributed by atoms with Crippen LogP contribution >= 0.6 is 23.2 Å². The molecular formula is C19H20Cl2N2O2. The molecular weight excluding hydrogens is 359 g/mol. The Bertz CT molecular complexity index is 717. The average Bonchev–Trinajstić information content (AvgIpc) is 2.63. The second-order valence-corrected chi connectivity index (χ2v) is 6.79. The van der Waals surface area contributed by atoms with Crippen LogP contribution in [0.3, 0.4) is 0 Å². The Kier molecular flexibility index (Phi) is 6.19. The molecule has 0 unspecified atom stereocenters. The van der Waals surface area contributed by atoms with Gasteiger partial charge >= 0.3 is 0 Å². The number of piperazine rings is 1. The molecule has 132 valence electrons. The van der Waals surface area contributed by atoms with Crippen LogP contribution < -0.4 is 4.90 Å². The minimum atomic E-state index is 0.0257. The van der Waals surface area contributed by atoms with Gasteiger partial charge in [-0.1, -0.05) is 53.5 Å². The van der Waals surface area contributed by atoms with Crippen molar-refractivity contribution < 1.29 is 9.53 Å². The van der Waals surface area contributed by atoms with Crippen LogP contribution in [0.2, 0.25) is 10.0 Å². The number of hydrogen-bond acceptors (Lipinski definition) is 3. The highest BCUT2D eigenvalue weighted by molar-refractivity contribution is 6.36. The summed E-state index contributed by atoms with van der Waals surface area (Å²) in [6.45, 7) is 3.36. The topological polar surface area (TPSA) is 32.8 Å². The summed E-state index contributed by atoms with van der Waals surface area (Å²) in [5.74, 6) is 0.0257. The maximum Gasteiger partial charge on any atom is 0.248 e. The lowest BCUT2D eigenvalue weighted by Crippen LogP contribution is -2.49. The fourth-order valence-corrected chi connectivity index (χ4v) is 3.38. The van der Waals surface area contributed by atoms with Gasteiger partial charge < -0.3 is 14.5 Å². The molecule has 1 fully saturated rings. The number of rotatable bonds is 5. The van der Waals surface area contributed by atoms with E-state index < -0.39 is 0 Å². The molecule has 0 aromatic heterocycles. The predicted octanol–water partition coefficient (Wildman–Crippen LogP) is 3.86. The highest BCUT2D eigenvalue weighted by Crippen LogP contribution is 2.29. The van der Waals surface area contributed by atoms with Crippen molar-refractivity contribution in [2.75, 3.05) is 37.7 Å². The Morgan fingerprint density at radius 2 is 1.72 bits per heavy atom. The lowest BCUT2D eigenvalue weighted by molar-refractivity contribution is -0.136. The maximum atomic E-state index is 12.3. The molecule has 1 aliphatic heterocycles. The molecule has 4 nitrogen and oxygen atoms in total. The molecule has 1 amide bonds. The number of carbonyl (C=O) groups is 1. The first-order valence-corrected chi connectivity index (χ1v) is 8.98. The summed E-state index contributed by atoms with van der Waals surface area (Å²) >= 11 is 12.2. The largest absolute Gasteiger partial charge is 0.367 e. The second kappa shape index (κ2) is 8.56. The monoisotopic (exact) mass is 378 g/mol. The molecule has 0 radical (unpaired) electrons. The molecule has 6 heteroatoms. The average molecular weight is 379 g/mol. The Hall–Kier alpha value is -1.75. The third-order valence-corrected chi connectivity index (χ3v) is 4.76. The highest BCUT2D eigenvalue weighted by Gasteiger charge is 2.22. The minimum absolute atomic E-state index is 0.0257. The second-order valence-electron chi connectivity index (χ2n) is 5.94. The molecule has 0 atom stereocenters. The summed E-state index contributed by atoms with van der Waals surface area (Å²) in [7, 11) is 0. The van der Waals surface area contributed by atoms with Crippen LogP contribution in [0.25, 0.3) is 0 Å². The van der Waals surface area contributed by atoms with Gasteiger partial charge in [0.25, 0.3) is 0 Å². The van der Waals surface area contributed by atoms with Crippen molar-refractivity contribution >= 4 is 34.8 Å². The van der Waals surface area contributed by atoms with Crippen molar-refractivity contribution in [1.29, 1.82) is 0 Å². The van der Waals surface area contributed by atoms with E-state index in [1.807, 2.05) is 47.4 Å². The van der Waals surface area contributed by atoms with Gasteiger partial charge in [-0.3, -0.25) is 4.79 Å². The standard InChI is InChI=1S/C19H20Cl2N2O2/c20-16-6-7-18(17(21)12-16)22-8-10-23(11-9-22)19(24)14-25-13-15-4-2-1-3-5-15/h1-7,12H,8-11,13-14H2. The molecule has 3 rings (SSSR count). The smallest absolute Gasteiger partial charge is 0.248 e. The van der Waals surface area contributed by atoms with Crippen LogP contribution in [0.1, 0.15) is 5.56 Å². The third-order valence-electron chi connectivity index (χ3n) is 4.22. The van der Waals surface area contributed by atoms with Crippen LogP contribution in [0.5, 0.6) is 0 Å². The Balaban J connectivity index is 1.46.